The maximum absolute atomic E-state index is 12.4. The second kappa shape index (κ2) is 6.30. The largest absolute Gasteiger partial charge is 0.369 e. The number of nitrogens with one attached hydrogen (secondary N) is 1. The van der Waals surface area contributed by atoms with Gasteiger partial charge in [0.1, 0.15) is 5.82 Å². The molecule has 27 heavy (non-hydrogen) atoms. The molecule has 4 atom stereocenters. The van der Waals surface area contributed by atoms with Gasteiger partial charge in [0.15, 0.2) is 0 Å². The molecule has 2 aromatic rings. The van der Waals surface area contributed by atoms with Gasteiger partial charge in [-0.05, 0) is 43.5 Å². The third-order valence-corrected chi connectivity index (χ3v) is 6.43. The molecule has 6 nitrogen and oxygen atoms in total. The van der Waals surface area contributed by atoms with Gasteiger partial charge in [0.2, 0.25) is 0 Å². The Bertz CT molecular complexity index is 841. The molecule has 3 aliphatic heterocycles. The van der Waals surface area contributed by atoms with Crippen molar-refractivity contribution in [3.8, 4) is 0 Å². The molecule has 1 amide bonds. The number of amides is 1. The van der Waals surface area contributed by atoms with Gasteiger partial charge in [-0.15, -0.1) is 0 Å². The first-order chi connectivity index (χ1) is 13.1. The quantitative estimate of drug-likeness (QED) is 0.901. The Hall–Kier alpha value is -2.47. The highest BCUT2D eigenvalue weighted by Gasteiger charge is 2.63. The van der Waals surface area contributed by atoms with E-state index in [0.29, 0.717) is 23.9 Å². The van der Waals surface area contributed by atoms with Crippen molar-refractivity contribution in [1.29, 1.82) is 0 Å². The molecule has 0 radical (unpaired) electrons. The molecule has 3 aliphatic rings. The molecule has 0 aromatic carbocycles. The van der Waals surface area contributed by atoms with E-state index in [1.54, 1.807) is 24.5 Å². The lowest BCUT2D eigenvalue weighted by Crippen LogP contribution is -2.41. The number of hydrogen-bond acceptors (Lipinski definition) is 5. The Labute approximate surface area is 159 Å². The van der Waals surface area contributed by atoms with E-state index in [4.69, 9.17) is 4.74 Å². The summed E-state index contributed by atoms with van der Waals surface area (Å²) < 4.78 is 6.48. The Morgan fingerprint density at radius 1 is 1.37 bits per heavy atom. The van der Waals surface area contributed by atoms with E-state index in [-0.39, 0.29) is 17.6 Å². The fourth-order valence-corrected chi connectivity index (χ4v) is 5.09. The van der Waals surface area contributed by atoms with Crippen LogP contribution in [-0.4, -0.2) is 47.2 Å². The SMILES string of the molecule is Cc1ccc(N2C[C@@H]3[C@H](CNC(=O)c4cccnc4)[C@H]4CC[C@]3(C2)O4)nc1. The van der Waals surface area contributed by atoms with Crippen LogP contribution in [0.3, 0.4) is 0 Å². The van der Waals surface area contributed by atoms with Crippen molar-refractivity contribution < 1.29 is 9.53 Å². The summed E-state index contributed by atoms with van der Waals surface area (Å²) in [5, 5.41) is 3.10. The fourth-order valence-electron chi connectivity index (χ4n) is 5.09. The minimum atomic E-state index is -0.0685. The van der Waals surface area contributed by atoms with E-state index in [9.17, 15) is 4.79 Å². The standard InChI is InChI=1S/C21H24N4O2/c1-14-4-5-19(23-9-14)25-12-17-16(18-6-7-21(17,13-25)27-18)11-24-20(26)15-3-2-8-22-10-15/h2-5,8-10,16-18H,6-7,11-13H2,1H3,(H,24,26)/t16-,17+,18+,21+/m0/s1. The van der Waals surface area contributed by atoms with Gasteiger partial charge in [0.25, 0.3) is 5.91 Å². The van der Waals surface area contributed by atoms with Gasteiger partial charge in [-0.1, -0.05) is 6.07 Å². The summed E-state index contributed by atoms with van der Waals surface area (Å²) in [5.41, 5.74) is 1.71. The normalized spacial score (nSPS) is 31.1. The molecule has 0 saturated carbocycles. The highest BCUT2D eigenvalue weighted by Crippen LogP contribution is 2.55. The first-order valence-electron chi connectivity index (χ1n) is 9.68. The van der Waals surface area contributed by atoms with Gasteiger partial charge < -0.3 is 15.0 Å². The van der Waals surface area contributed by atoms with Gasteiger partial charge in [-0.2, -0.15) is 0 Å². The second-order valence-corrected chi connectivity index (χ2v) is 8.06. The Balaban J connectivity index is 1.29. The van der Waals surface area contributed by atoms with Gasteiger partial charge >= 0.3 is 0 Å². The summed E-state index contributed by atoms with van der Waals surface area (Å²) in [6.45, 7) is 4.55. The third-order valence-electron chi connectivity index (χ3n) is 6.43. The minimum absolute atomic E-state index is 0.0602. The number of carbonyl (C=O) groups is 1. The molecule has 0 aliphatic carbocycles. The molecular formula is C21H24N4O2. The molecule has 3 fully saturated rings. The van der Waals surface area contributed by atoms with Crippen LogP contribution in [0.1, 0.15) is 28.8 Å². The van der Waals surface area contributed by atoms with E-state index < -0.39 is 0 Å². The van der Waals surface area contributed by atoms with Crippen molar-refractivity contribution in [2.45, 2.75) is 31.5 Å². The lowest BCUT2D eigenvalue weighted by Gasteiger charge is -2.29. The first kappa shape index (κ1) is 16.7. The maximum atomic E-state index is 12.4. The highest BCUT2D eigenvalue weighted by molar-refractivity contribution is 5.93. The van der Waals surface area contributed by atoms with Crippen molar-refractivity contribution in [1.82, 2.24) is 15.3 Å². The zero-order valence-electron chi connectivity index (χ0n) is 15.5. The summed E-state index contributed by atoms with van der Waals surface area (Å²) >= 11 is 0. The van der Waals surface area contributed by atoms with Crippen LogP contribution < -0.4 is 10.2 Å². The predicted octanol–water partition coefficient (Wildman–Crippen LogP) is 2.20. The molecule has 140 valence electrons. The van der Waals surface area contributed by atoms with Crippen LogP contribution in [0.5, 0.6) is 0 Å². The number of aryl methyl sites for hydroxylation is 1. The van der Waals surface area contributed by atoms with Crippen LogP contribution in [0.15, 0.2) is 42.9 Å². The van der Waals surface area contributed by atoms with E-state index in [0.717, 1.165) is 31.7 Å². The molecule has 6 heteroatoms. The van der Waals surface area contributed by atoms with Gasteiger partial charge in [0.05, 0.1) is 17.3 Å². The highest BCUT2D eigenvalue weighted by atomic mass is 16.5. The fraction of sp³-hybridized carbons (Fsp3) is 0.476. The van der Waals surface area contributed by atoms with Crippen molar-refractivity contribution in [2.75, 3.05) is 24.5 Å². The third kappa shape index (κ3) is 2.79. The van der Waals surface area contributed by atoms with Crippen LogP contribution in [0, 0.1) is 18.8 Å². The Kier molecular flexibility index (Phi) is 3.90. The molecule has 2 aromatic heterocycles. The maximum Gasteiger partial charge on any atom is 0.252 e. The van der Waals surface area contributed by atoms with E-state index in [1.165, 1.54) is 5.56 Å². The molecule has 3 saturated heterocycles. The molecule has 0 unspecified atom stereocenters. The van der Waals surface area contributed by atoms with E-state index in [1.807, 2.05) is 6.20 Å². The summed E-state index contributed by atoms with van der Waals surface area (Å²) in [7, 11) is 0. The van der Waals surface area contributed by atoms with Crippen molar-refractivity contribution in [2.24, 2.45) is 11.8 Å². The molecule has 1 N–H and O–H groups in total. The first-order valence-corrected chi connectivity index (χ1v) is 9.68. The number of anilines is 1. The number of aromatic nitrogens is 2. The second-order valence-electron chi connectivity index (χ2n) is 8.06. The summed E-state index contributed by atoms with van der Waals surface area (Å²) in [4.78, 5) is 23.4. The van der Waals surface area contributed by atoms with Gasteiger partial charge in [-0.3, -0.25) is 9.78 Å². The van der Waals surface area contributed by atoms with E-state index in [2.05, 4.69) is 39.2 Å². The molecule has 2 bridgehead atoms. The smallest absolute Gasteiger partial charge is 0.252 e. The molecule has 5 rings (SSSR count). The number of carbonyl (C=O) groups excluding carboxylic acids is 1. The number of nitrogens with zero attached hydrogens (tertiary/aromatic N) is 3. The van der Waals surface area contributed by atoms with Crippen LogP contribution in [0.4, 0.5) is 5.82 Å². The number of hydrogen-bond donors (Lipinski definition) is 1. The Morgan fingerprint density at radius 3 is 3.07 bits per heavy atom. The minimum Gasteiger partial charge on any atom is -0.369 e. The molecule has 1 spiro atoms. The topological polar surface area (TPSA) is 67.4 Å². The summed E-state index contributed by atoms with van der Waals surface area (Å²) in [5.74, 6) is 1.76. The lowest BCUT2D eigenvalue weighted by atomic mass is 9.73. The van der Waals surface area contributed by atoms with Gasteiger partial charge in [-0.25, -0.2) is 4.98 Å². The molecular weight excluding hydrogens is 340 g/mol. The Morgan fingerprint density at radius 2 is 2.30 bits per heavy atom. The average molecular weight is 364 g/mol. The zero-order valence-corrected chi connectivity index (χ0v) is 15.5. The van der Waals surface area contributed by atoms with Crippen molar-refractivity contribution in [3.63, 3.8) is 0 Å². The van der Waals surface area contributed by atoms with Crippen LogP contribution in [0.2, 0.25) is 0 Å². The van der Waals surface area contributed by atoms with Crippen LogP contribution >= 0.6 is 0 Å². The number of rotatable bonds is 4. The van der Waals surface area contributed by atoms with Crippen molar-refractivity contribution >= 4 is 11.7 Å². The van der Waals surface area contributed by atoms with Gasteiger partial charge in [0, 0.05) is 50.1 Å². The number of ether oxygens (including phenoxy) is 1. The lowest BCUT2D eigenvalue weighted by molar-refractivity contribution is 0.0141. The predicted molar refractivity (Wildman–Crippen MR) is 102 cm³/mol. The monoisotopic (exact) mass is 364 g/mol. The van der Waals surface area contributed by atoms with Crippen molar-refractivity contribution in [3.05, 3.63) is 54.0 Å². The van der Waals surface area contributed by atoms with E-state index >= 15 is 0 Å². The molecule has 5 heterocycles. The van der Waals surface area contributed by atoms with Crippen LogP contribution in [0.25, 0.3) is 0 Å². The number of fused-ring (bicyclic) bond motifs is 1. The summed E-state index contributed by atoms with van der Waals surface area (Å²) in [6, 6.07) is 7.78. The van der Waals surface area contributed by atoms with Crippen LogP contribution in [-0.2, 0) is 4.74 Å². The average Bonchev–Trinajstić information content (AvgIpc) is 3.36. The number of pyridine rings is 2. The zero-order chi connectivity index (χ0) is 18.4. The summed E-state index contributed by atoms with van der Waals surface area (Å²) in [6.07, 6.45) is 7.66.